The Kier molecular flexibility index (Phi) is 7.14. The highest BCUT2D eigenvalue weighted by Crippen LogP contribution is 2.38. The molecule has 0 saturated carbocycles. The van der Waals surface area contributed by atoms with Crippen LogP contribution in [-0.4, -0.2) is 53.3 Å². The minimum absolute atomic E-state index is 0.0331. The Morgan fingerprint density at radius 2 is 1.59 bits per heavy atom. The molecule has 2 N–H and O–H groups in total. The molecule has 0 aliphatic carbocycles. The van der Waals surface area contributed by atoms with E-state index >= 15 is 0 Å². The van der Waals surface area contributed by atoms with Crippen molar-refractivity contribution in [1.29, 1.82) is 0 Å². The first-order chi connectivity index (χ1) is 17.7. The summed E-state index contributed by atoms with van der Waals surface area (Å²) in [7, 11) is 1.54. The number of methoxy groups -OCH3 is 1. The second-order valence-electron chi connectivity index (χ2n) is 8.53. The van der Waals surface area contributed by atoms with Crippen LogP contribution >= 0.6 is 0 Å². The van der Waals surface area contributed by atoms with E-state index in [9.17, 15) is 19.2 Å². The largest absolute Gasteiger partial charge is 0.497 e. The zero-order chi connectivity index (χ0) is 26.7. The van der Waals surface area contributed by atoms with E-state index in [-0.39, 0.29) is 23.4 Å². The number of carbonyl (C=O) groups is 4. The monoisotopic (exact) mass is 502 g/mol. The molecule has 11 nitrogen and oxygen atoms in total. The summed E-state index contributed by atoms with van der Waals surface area (Å²) in [5, 5.41) is 0. The molecule has 1 unspecified atom stereocenters. The highest BCUT2D eigenvalue weighted by atomic mass is 16.5. The van der Waals surface area contributed by atoms with Gasteiger partial charge in [0.15, 0.2) is 5.92 Å². The minimum atomic E-state index is -1.88. The Morgan fingerprint density at radius 3 is 2.16 bits per heavy atom. The molecule has 0 radical (unpaired) electrons. The number of hydrogen-bond acceptors (Lipinski definition) is 7. The summed E-state index contributed by atoms with van der Waals surface area (Å²) < 4.78 is 5.20. The Balaban J connectivity index is 1.80. The van der Waals surface area contributed by atoms with E-state index in [2.05, 4.69) is 9.97 Å². The van der Waals surface area contributed by atoms with Crippen LogP contribution in [0.1, 0.15) is 13.8 Å². The number of nitrogens with two attached hydrogens (primary N) is 1. The maximum atomic E-state index is 13.6. The number of primary amides is 1. The summed E-state index contributed by atoms with van der Waals surface area (Å²) in [6, 6.07) is 14.7. The molecule has 1 aliphatic rings. The molecule has 0 bridgehead atoms. The lowest BCUT2D eigenvalue weighted by molar-refractivity contribution is -0.139. The maximum Gasteiger partial charge on any atom is 0.256 e. The molecule has 3 aromatic rings. The third kappa shape index (κ3) is 4.83. The van der Waals surface area contributed by atoms with Gasteiger partial charge in [-0.25, -0.2) is 14.9 Å². The van der Waals surface area contributed by atoms with Gasteiger partial charge < -0.3 is 15.4 Å². The van der Waals surface area contributed by atoms with Gasteiger partial charge in [0.1, 0.15) is 12.3 Å². The van der Waals surface area contributed by atoms with Crippen LogP contribution in [0.15, 0.2) is 67.0 Å². The predicted molar refractivity (Wildman–Crippen MR) is 136 cm³/mol. The summed E-state index contributed by atoms with van der Waals surface area (Å²) in [6.07, 6.45) is 2.86. The number of carbonyl (C=O) groups excluding carboxylic acids is 4. The second-order valence-corrected chi connectivity index (χ2v) is 8.53. The number of ether oxygens (including phenoxy) is 1. The zero-order valence-corrected chi connectivity index (χ0v) is 20.6. The van der Waals surface area contributed by atoms with Crippen molar-refractivity contribution in [2.45, 2.75) is 19.9 Å². The van der Waals surface area contributed by atoms with Crippen LogP contribution in [-0.2, 0) is 19.2 Å². The van der Waals surface area contributed by atoms with Crippen LogP contribution in [0, 0.1) is 5.92 Å². The number of benzene rings is 2. The Labute approximate surface area is 213 Å². The number of anilines is 4. The molecule has 2 aromatic carbocycles. The van der Waals surface area contributed by atoms with Gasteiger partial charge in [-0.2, -0.15) is 0 Å². The molecule has 37 heavy (non-hydrogen) atoms. The number of nitrogens with zero attached hydrogens (tertiary/aromatic N) is 5. The van der Waals surface area contributed by atoms with Gasteiger partial charge in [0.25, 0.3) is 5.91 Å². The molecule has 4 rings (SSSR count). The lowest BCUT2D eigenvalue weighted by Gasteiger charge is -2.31. The summed E-state index contributed by atoms with van der Waals surface area (Å²) in [6.45, 7) is 3.23. The summed E-state index contributed by atoms with van der Waals surface area (Å²) in [5.41, 5.74) is 6.61. The number of amides is 4. The first-order valence-corrected chi connectivity index (χ1v) is 11.5. The molecule has 190 valence electrons. The van der Waals surface area contributed by atoms with E-state index in [4.69, 9.17) is 10.5 Å². The van der Waals surface area contributed by atoms with Crippen molar-refractivity contribution in [3.8, 4) is 5.75 Å². The van der Waals surface area contributed by atoms with Gasteiger partial charge in [-0.3, -0.25) is 24.1 Å². The molecule has 0 saturated heterocycles. The zero-order valence-electron chi connectivity index (χ0n) is 20.6. The number of para-hydroxylation sites is 2. The fourth-order valence-corrected chi connectivity index (χ4v) is 4.21. The number of fused-ring (bicyclic) bond motifs is 1. The molecule has 11 heteroatoms. The standard InChI is InChI=1S/C26H26N6O5/c1-16(2)31(17-9-11-18(37-3)12-10-17)21(33)15-30-19-7-4-5-8-20(19)32(26-28-13-6-14-29-26)25(36)22(23(27)34)24(30)35/h4-14,16,22H,15H2,1-3H3,(H2,27,34). The fourth-order valence-electron chi connectivity index (χ4n) is 4.21. The number of hydrogen-bond donors (Lipinski definition) is 1. The maximum absolute atomic E-state index is 13.6. The van der Waals surface area contributed by atoms with Gasteiger partial charge in [0.05, 0.1) is 18.5 Å². The van der Waals surface area contributed by atoms with Crippen LogP contribution in [0.5, 0.6) is 5.75 Å². The van der Waals surface area contributed by atoms with Crippen molar-refractivity contribution in [2.75, 3.05) is 28.4 Å². The topological polar surface area (TPSA) is 139 Å². The average Bonchev–Trinajstić information content (AvgIpc) is 2.97. The van der Waals surface area contributed by atoms with Crippen LogP contribution in [0.25, 0.3) is 0 Å². The van der Waals surface area contributed by atoms with Gasteiger partial charge in [-0.15, -0.1) is 0 Å². The van der Waals surface area contributed by atoms with Crippen LogP contribution < -0.4 is 25.2 Å². The molecule has 2 heterocycles. The van der Waals surface area contributed by atoms with Crippen molar-refractivity contribution in [1.82, 2.24) is 9.97 Å². The van der Waals surface area contributed by atoms with Crippen molar-refractivity contribution < 1.29 is 23.9 Å². The quantitative estimate of drug-likeness (QED) is 0.488. The smallest absolute Gasteiger partial charge is 0.256 e. The minimum Gasteiger partial charge on any atom is -0.497 e. The summed E-state index contributed by atoms with van der Waals surface area (Å²) in [5.74, 6) is -4.66. The lowest BCUT2D eigenvalue weighted by atomic mass is 10.1. The first-order valence-electron chi connectivity index (χ1n) is 11.5. The molecule has 0 spiro atoms. The molecule has 1 aromatic heterocycles. The lowest BCUT2D eigenvalue weighted by Crippen LogP contribution is -2.51. The highest BCUT2D eigenvalue weighted by molar-refractivity contribution is 6.29. The van der Waals surface area contributed by atoms with Crippen LogP contribution in [0.3, 0.4) is 0 Å². The third-order valence-corrected chi connectivity index (χ3v) is 5.86. The van der Waals surface area contributed by atoms with Gasteiger partial charge >= 0.3 is 0 Å². The Hall–Kier alpha value is -4.80. The van der Waals surface area contributed by atoms with E-state index in [0.29, 0.717) is 11.4 Å². The van der Waals surface area contributed by atoms with E-state index in [1.807, 2.05) is 13.8 Å². The SMILES string of the molecule is COc1ccc(N(C(=O)CN2C(=O)C(C(N)=O)C(=O)N(c3ncccn3)c3ccccc32)C(C)C)cc1. The number of aromatic nitrogens is 2. The second kappa shape index (κ2) is 10.4. The highest BCUT2D eigenvalue weighted by Gasteiger charge is 2.45. The van der Waals surface area contributed by atoms with Gasteiger partial charge in [0.2, 0.25) is 23.7 Å². The molecular weight excluding hydrogens is 476 g/mol. The predicted octanol–water partition coefficient (Wildman–Crippen LogP) is 2.04. The molecule has 1 aliphatic heterocycles. The Bertz CT molecular complexity index is 1330. The van der Waals surface area contributed by atoms with Crippen molar-refractivity contribution in [3.05, 3.63) is 67.0 Å². The van der Waals surface area contributed by atoms with Gasteiger partial charge in [0, 0.05) is 24.1 Å². The summed E-state index contributed by atoms with van der Waals surface area (Å²) >= 11 is 0. The molecule has 4 amide bonds. The third-order valence-electron chi connectivity index (χ3n) is 5.86. The van der Waals surface area contributed by atoms with Crippen LogP contribution in [0.2, 0.25) is 0 Å². The van der Waals surface area contributed by atoms with Crippen molar-refractivity contribution >= 4 is 46.6 Å². The van der Waals surface area contributed by atoms with Gasteiger partial charge in [-0.05, 0) is 56.3 Å². The van der Waals surface area contributed by atoms with Crippen molar-refractivity contribution in [3.63, 3.8) is 0 Å². The fraction of sp³-hybridized carbons (Fsp3) is 0.231. The van der Waals surface area contributed by atoms with E-state index in [1.54, 1.807) is 61.7 Å². The number of rotatable bonds is 7. The first kappa shape index (κ1) is 25.3. The van der Waals surface area contributed by atoms with Gasteiger partial charge in [-0.1, -0.05) is 12.1 Å². The molecular formula is C26H26N6O5. The van der Waals surface area contributed by atoms with Crippen LogP contribution in [0.4, 0.5) is 23.0 Å². The van der Waals surface area contributed by atoms with E-state index in [0.717, 1.165) is 9.80 Å². The Morgan fingerprint density at radius 1 is 0.973 bits per heavy atom. The summed E-state index contributed by atoms with van der Waals surface area (Å²) in [4.78, 5) is 65.2. The molecule has 0 fully saturated rings. The normalized spacial score (nSPS) is 15.3. The van der Waals surface area contributed by atoms with E-state index in [1.165, 1.54) is 17.3 Å². The molecule has 1 atom stereocenters. The van der Waals surface area contributed by atoms with Crippen molar-refractivity contribution in [2.24, 2.45) is 11.7 Å². The van der Waals surface area contributed by atoms with E-state index < -0.39 is 36.1 Å². The average molecular weight is 503 g/mol.